The van der Waals surface area contributed by atoms with E-state index in [4.69, 9.17) is 0 Å². The number of para-hydroxylation sites is 1. The van der Waals surface area contributed by atoms with Crippen LogP contribution in [0.2, 0.25) is 0 Å². The largest absolute Gasteiger partial charge is 0.308 e. The van der Waals surface area contributed by atoms with Crippen LogP contribution in [0.25, 0.3) is 57.9 Å². The molecule has 0 bridgehead atoms. The third kappa shape index (κ3) is 2.07. The molecule has 4 heteroatoms. The van der Waals surface area contributed by atoms with E-state index in [1.807, 2.05) is 16.8 Å². The Kier molecular flexibility index (Phi) is 3.06. The zero-order chi connectivity index (χ0) is 18.9. The Morgan fingerprint density at radius 3 is 2.48 bits per heavy atom. The van der Waals surface area contributed by atoms with Crippen LogP contribution >= 0.6 is 22.7 Å². The van der Waals surface area contributed by atoms with Gasteiger partial charge in [0.05, 0.1) is 31.5 Å². The van der Waals surface area contributed by atoms with Crippen molar-refractivity contribution in [2.75, 3.05) is 0 Å². The van der Waals surface area contributed by atoms with E-state index in [0.29, 0.717) is 0 Å². The van der Waals surface area contributed by atoms with Gasteiger partial charge in [-0.1, -0.05) is 48.5 Å². The number of aromatic nitrogens is 2. The maximum absolute atomic E-state index is 4.46. The van der Waals surface area contributed by atoms with Gasteiger partial charge in [-0.05, 0) is 30.3 Å². The summed E-state index contributed by atoms with van der Waals surface area (Å²) >= 11 is 3.59. The van der Waals surface area contributed by atoms with Gasteiger partial charge in [-0.3, -0.25) is 0 Å². The molecule has 0 fully saturated rings. The van der Waals surface area contributed by atoms with Crippen LogP contribution in [0.5, 0.6) is 0 Å². The highest BCUT2D eigenvalue weighted by Crippen LogP contribution is 2.43. The molecule has 0 saturated carbocycles. The maximum Gasteiger partial charge on any atom is 0.0813 e. The summed E-state index contributed by atoms with van der Waals surface area (Å²) in [5.74, 6) is 0. The molecule has 0 atom stereocenters. The number of nitrogens with zero attached hydrogens (tertiary/aromatic N) is 2. The Morgan fingerprint density at radius 1 is 0.690 bits per heavy atom. The Morgan fingerprint density at radius 2 is 1.52 bits per heavy atom. The van der Waals surface area contributed by atoms with Crippen molar-refractivity contribution < 1.29 is 0 Å². The molecule has 0 unspecified atom stereocenters. The van der Waals surface area contributed by atoms with E-state index < -0.39 is 0 Å². The fourth-order valence-electron chi connectivity index (χ4n) is 4.48. The Labute approximate surface area is 174 Å². The molecule has 4 aromatic carbocycles. The predicted molar refractivity (Wildman–Crippen MR) is 127 cm³/mol. The van der Waals surface area contributed by atoms with Gasteiger partial charge >= 0.3 is 0 Å². The number of rotatable bonds is 1. The standard InChI is InChI=1S/C25H14N2S2/c1-3-7-21-16(5-1)18-10-11-19-17-6-2-4-8-22(17)29-25(19)24(18)27(21)15-9-12-20-23(13-15)28-14-26-20/h1-14H. The first-order valence-electron chi connectivity index (χ1n) is 9.55. The van der Waals surface area contributed by atoms with E-state index in [1.165, 1.54) is 52.4 Å². The molecule has 0 amide bonds. The van der Waals surface area contributed by atoms with E-state index in [1.54, 1.807) is 11.3 Å². The zero-order valence-electron chi connectivity index (χ0n) is 15.3. The van der Waals surface area contributed by atoms with Crippen molar-refractivity contribution in [3.05, 3.63) is 84.4 Å². The van der Waals surface area contributed by atoms with Crippen LogP contribution in [-0.2, 0) is 0 Å². The quantitative estimate of drug-likeness (QED) is 0.272. The fourth-order valence-corrected chi connectivity index (χ4v) is 6.43. The van der Waals surface area contributed by atoms with Gasteiger partial charge in [0.1, 0.15) is 0 Å². The smallest absolute Gasteiger partial charge is 0.0813 e. The molecule has 0 N–H and O–H groups in total. The molecule has 0 saturated heterocycles. The summed E-state index contributed by atoms with van der Waals surface area (Å²) in [6.45, 7) is 0. The number of benzene rings is 4. The first-order chi connectivity index (χ1) is 14.4. The lowest BCUT2D eigenvalue weighted by atomic mass is 10.1. The second-order valence-corrected chi connectivity index (χ2v) is 9.23. The minimum absolute atomic E-state index is 1.06. The minimum Gasteiger partial charge on any atom is -0.308 e. The van der Waals surface area contributed by atoms with Crippen LogP contribution in [0.15, 0.2) is 84.4 Å². The molecule has 3 heterocycles. The molecule has 3 aromatic heterocycles. The summed E-state index contributed by atoms with van der Waals surface area (Å²) in [4.78, 5) is 4.46. The molecule has 7 aromatic rings. The predicted octanol–water partition coefficient (Wildman–Crippen LogP) is 7.76. The molecular weight excluding hydrogens is 392 g/mol. The van der Waals surface area contributed by atoms with Gasteiger partial charge < -0.3 is 4.57 Å². The second-order valence-electron chi connectivity index (χ2n) is 7.29. The molecular formula is C25H14N2S2. The van der Waals surface area contributed by atoms with Gasteiger partial charge in [0, 0.05) is 31.9 Å². The molecule has 136 valence electrons. The van der Waals surface area contributed by atoms with Crippen molar-refractivity contribution in [2.24, 2.45) is 0 Å². The van der Waals surface area contributed by atoms with Crippen molar-refractivity contribution in [2.45, 2.75) is 0 Å². The Balaban J connectivity index is 1.73. The zero-order valence-corrected chi connectivity index (χ0v) is 16.9. The average molecular weight is 407 g/mol. The molecule has 7 rings (SSSR count). The molecule has 0 spiro atoms. The molecule has 0 aliphatic heterocycles. The summed E-state index contributed by atoms with van der Waals surface area (Å²) in [6.07, 6.45) is 0. The van der Waals surface area contributed by atoms with Crippen molar-refractivity contribution >= 4 is 74.9 Å². The van der Waals surface area contributed by atoms with Crippen molar-refractivity contribution in [3.8, 4) is 5.69 Å². The number of thiophene rings is 1. The third-order valence-electron chi connectivity index (χ3n) is 5.75. The van der Waals surface area contributed by atoms with Gasteiger partial charge in [0.25, 0.3) is 0 Å². The summed E-state index contributed by atoms with van der Waals surface area (Å²) in [5.41, 5.74) is 6.72. The van der Waals surface area contributed by atoms with Gasteiger partial charge in [-0.15, -0.1) is 22.7 Å². The maximum atomic E-state index is 4.46. The van der Waals surface area contributed by atoms with Crippen LogP contribution in [0.3, 0.4) is 0 Å². The SMILES string of the molecule is c1ccc2c(c1)sc1c2ccc2c3ccccc3n(-c3ccc4ncsc4c3)c21. The summed E-state index contributed by atoms with van der Waals surface area (Å²) in [5, 5.41) is 5.28. The molecule has 0 radical (unpaired) electrons. The van der Waals surface area contributed by atoms with Crippen LogP contribution in [0, 0.1) is 0 Å². The first-order valence-corrected chi connectivity index (χ1v) is 11.3. The van der Waals surface area contributed by atoms with Crippen molar-refractivity contribution in [1.29, 1.82) is 0 Å². The highest BCUT2D eigenvalue weighted by Gasteiger charge is 2.17. The highest BCUT2D eigenvalue weighted by molar-refractivity contribution is 7.26. The van der Waals surface area contributed by atoms with Crippen molar-refractivity contribution in [1.82, 2.24) is 9.55 Å². The highest BCUT2D eigenvalue weighted by atomic mass is 32.1. The lowest BCUT2D eigenvalue weighted by molar-refractivity contribution is 1.19. The molecule has 2 nitrogen and oxygen atoms in total. The van der Waals surface area contributed by atoms with E-state index in [2.05, 4.69) is 88.4 Å². The fraction of sp³-hybridized carbons (Fsp3) is 0. The minimum atomic E-state index is 1.06. The van der Waals surface area contributed by atoms with E-state index in [-0.39, 0.29) is 0 Å². The van der Waals surface area contributed by atoms with Crippen LogP contribution < -0.4 is 0 Å². The average Bonchev–Trinajstić information content (AvgIpc) is 3.46. The lowest BCUT2D eigenvalue weighted by Gasteiger charge is -2.08. The van der Waals surface area contributed by atoms with Crippen molar-refractivity contribution in [3.63, 3.8) is 0 Å². The van der Waals surface area contributed by atoms with Gasteiger partial charge in [0.2, 0.25) is 0 Å². The van der Waals surface area contributed by atoms with Crippen LogP contribution in [0.4, 0.5) is 0 Å². The van der Waals surface area contributed by atoms with Gasteiger partial charge in [0.15, 0.2) is 0 Å². The summed E-state index contributed by atoms with van der Waals surface area (Å²) in [6, 6.07) is 28.6. The second kappa shape index (κ2) is 5.66. The molecule has 0 aliphatic rings. The van der Waals surface area contributed by atoms with Gasteiger partial charge in [-0.2, -0.15) is 0 Å². The number of hydrogen-bond acceptors (Lipinski definition) is 3. The monoisotopic (exact) mass is 406 g/mol. The Hall–Kier alpha value is -3.21. The normalized spacial score (nSPS) is 12.1. The lowest BCUT2D eigenvalue weighted by Crippen LogP contribution is -1.93. The molecule has 0 aliphatic carbocycles. The summed E-state index contributed by atoms with van der Waals surface area (Å²) in [7, 11) is 0. The van der Waals surface area contributed by atoms with Crippen LogP contribution in [0.1, 0.15) is 0 Å². The Bertz CT molecular complexity index is 1720. The van der Waals surface area contributed by atoms with Crippen LogP contribution in [-0.4, -0.2) is 9.55 Å². The first kappa shape index (κ1) is 15.7. The third-order valence-corrected chi connectivity index (χ3v) is 7.74. The topological polar surface area (TPSA) is 17.8 Å². The van der Waals surface area contributed by atoms with E-state index in [9.17, 15) is 0 Å². The molecule has 29 heavy (non-hydrogen) atoms. The van der Waals surface area contributed by atoms with E-state index in [0.717, 1.165) is 5.52 Å². The number of thiazole rings is 1. The number of hydrogen-bond donors (Lipinski definition) is 0. The van der Waals surface area contributed by atoms with Gasteiger partial charge in [-0.25, -0.2) is 4.98 Å². The summed E-state index contributed by atoms with van der Waals surface area (Å²) < 4.78 is 6.34. The van der Waals surface area contributed by atoms with E-state index >= 15 is 0 Å². The number of fused-ring (bicyclic) bond motifs is 8.